The lowest BCUT2D eigenvalue weighted by Gasteiger charge is -2.14. The molecule has 10 heteroatoms. The second kappa shape index (κ2) is 9.31. The Balaban J connectivity index is 1.84. The first-order valence-corrected chi connectivity index (χ1v) is 10.2. The number of primary amides is 1. The molecule has 1 heterocycles. The molecule has 7 nitrogen and oxygen atoms in total. The molecule has 0 aromatic heterocycles. The van der Waals surface area contributed by atoms with Gasteiger partial charge in [-0.15, -0.1) is 0 Å². The second-order valence-corrected chi connectivity index (χ2v) is 8.00. The van der Waals surface area contributed by atoms with Gasteiger partial charge in [-0.3, -0.25) is 19.3 Å². The van der Waals surface area contributed by atoms with E-state index in [9.17, 15) is 18.8 Å². The highest BCUT2D eigenvalue weighted by molar-refractivity contribution is 9.10. The molecule has 1 aliphatic rings. The molecular formula is C20H16BrFN2O5S. The summed E-state index contributed by atoms with van der Waals surface area (Å²) in [4.78, 5) is 36.3. The van der Waals surface area contributed by atoms with Gasteiger partial charge in [0.1, 0.15) is 19.0 Å². The number of nitrogens with two attached hydrogens (primary N) is 1. The normalized spacial score (nSPS) is 15.0. The van der Waals surface area contributed by atoms with Crippen LogP contribution in [0.15, 0.2) is 45.8 Å². The first-order valence-electron chi connectivity index (χ1n) is 8.57. The van der Waals surface area contributed by atoms with Gasteiger partial charge >= 0.3 is 0 Å². The van der Waals surface area contributed by atoms with E-state index in [2.05, 4.69) is 15.9 Å². The summed E-state index contributed by atoms with van der Waals surface area (Å²) in [6, 6.07) is 9.55. The number of imide groups is 1. The van der Waals surface area contributed by atoms with Gasteiger partial charge in [0.15, 0.2) is 11.5 Å². The number of benzene rings is 2. The zero-order valence-corrected chi connectivity index (χ0v) is 18.1. The average Bonchev–Trinajstić information content (AvgIpc) is 2.95. The highest BCUT2D eigenvalue weighted by atomic mass is 79.9. The van der Waals surface area contributed by atoms with Crippen molar-refractivity contribution >= 4 is 50.8 Å². The van der Waals surface area contributed by atoms with Crippen molar-refractivity contribution < 1.29 is 28.2 Å². The molecule has 1 fully saturated rings. The van der Waals surface area contributed by atoms with Crippen LogP contribution in [0.4, 0.5) is 9.18 Å². The van der Waals surface area contributed by atoms with E-state index in [1.54, 1.807) is 30.3 Å². The largest absolute Gasteiger partial charge is 0.493 e. The number of methoxy groups -OCH3 is 1. The lowest BCUT2D eigenvalue weighted by Crippen LogP contribution is -2.36. The summed E-state index contributed by atoms with van der Waals surface area (Å²) in [5.41, 5.74) is 6.02. The van der Waals surface area contributed by atoms with Crippen LogP contribution in [-0.4, -0.2) is 35.6 Å². The summed E-state index contributed by atoms with van der Waals surface area (Å²) in [6.07, 6.45) is 1.50. The van der Waals surface area contributed by atoms with E-state index >= 15 is 0 Å². The van der Waals surface area contributed by atoms with Crippen LogP contribution in [0.3, 0.4) is 0 Å². The van der Waals surface area contributed by atoms with Crippen LogP contribution < -0.4 is 15.2 Å². The molecule has 0 bridgehead atoms. The van der Waals surface area contributed by atoms with E-state index in [1.165, 1.54) is 19.3 Å². The number of halogens is 2. The lowest BCUT2D eigenvalue weighted by molar-refractivity contribution is -0.127. The monoisotopic (exact) mass is 494 g/mol. The maximum atomic E-state index is 13.8. The molecule has 30 heavy (non-hydrogen) atoms. The van der Waals surface area contributed by atoms with E-state index in [-0.39, 0.29) is 17.3 Å². The summed E-state index contributed by atoms with van der Waals surface area (Å²) in [5, 5.41) is -0.569. The van der Waals surface area contributed by atoms with Gasteiger partial charge < -0.3 is 15.2 Å². The highest BCUT2D eigenvalue weighted by Gasteiger charge is 2.35. The summed E-state index contributed by atoms with van der Waals surface area (Å²) in [6.45, 7) is -0.481. The lowest BCUT2D eigenvalue weighted by atomic mass is 10.1. The van der Waals surface area contributed by atoms with Gasteiger partial charge in [-0.05, 0) is 57.5 Å². The van der Waals surface area contributed by atoms with Gasteiger partial charge in [-0.2, -0.15) is 0 Å². The minimum atomic E-state index is -0.778. The van der Waals surface area contributed by atoms with Crippen molar-refractivity contribution in [1.29, 1.82) is 0 Å². The number of rotatable bonds is 7. The van der Waals surface area contributed by atoms with Gasteiger partial charge in [0, 0.05) is 5.56 Å². The number of nitrogens with zero attached hydrogens (tertiary/aromatic N) is 1. The Labute approximate surface area is 184 Å². The third kappa shape index (κ3) is 4.82. The smallest absolute Gasteiger partial charge is 0.294 e. The van der Waals surface area contributed by atoms with Crippen LogP contribution in [0.5, 0.6) is 11.5 Å². The van der Waals surface area contributed by atoms with Gasteiger partial charge in [0.2, 0.25) is 5.91 Å². The Hall–Kier alpha value is -2.85. The molecular weight excluding hydrogens is 479 g/mol. The quantitative estimate of drug-likeness (QED) is 0.589. The minimum Gasteiger partial charge on any atom is -0.493 e. The van der Waals surface area contributed by atoms with Crippen molar-refractivity contribution in [2.24, 2.45) is 5.73 Å². The molecule has 156 valence electrons. The van der Waals surface area contributed by atoms with Crippen molar-refractivity contribution in [1.82, 2.24) is 4.90 Å². The SMILES string of the molecule is COc1cc(/C=C2\SC(=O)N(CC(N)=O)C2=O)cc(Br)c1OCc1ccccc1F. The number of thioether (sulfide) groups is 1. The fourth-order valence-corrected chi connectivity index (χ4v) is 4.08. The maximum absolute atomic E-state index is 13.8. The summed E-state index contributed by atoms with van der Waals surface area (Å²) in [7, 11) is 1.45. The fourth-order valence-electron chi connectivity index (χ4n) is 2.67. The molecule has 1 saturated heterocycles. The van der Waals surface area contributed by atoms with E-state index in [0.29, 0.717) is 38.9 Å². The molecule has 3 rings (SSSR count). The van der Waals surface area contributed by atoms with Gasteiger partial charge in [0.25, 0.3) is 11.1 Å². The molecule has 0 radical (unpaired) electrons. The molecule has 0 spiro atoms. The summed E-state index contributed by atoms with van der Waals surface area (Å²) < 4.78 is 25.4. The predicted octanol–water partition coefficient (Wildman–Crippen LogP) is 3.70. The molecule has 3 amide bonds. The Morgan fingerprint density at radius 1 is 1.30 bits per heavy atom. The number of amides is 3. The van der Waals surface area contributed by atoms with Crippen LogP contribution >= 0.6 is 27.7 Å². The minimum absolute atomic E-state index is 0.00696. The molecule has 0 atom stereocenters. The third-order valence-electron chi connectivity index (χ3n) is 4.07. The molecule has 0 saturated carbocycles. The summed E-state index contributed by atoms with van der Waals surface area (Å²) in [5.74, 6) is -1.04. The molecule has 0 unspecified atom stereocenters. The maximum Gasteiger partial charge on any atom is 0.294 e. The topological polar surface area (TPSA) is 98.9 Å². The number of carbonyl (C=O) groups is 3. The number of ether oxygens (including phenoxy) is 2. The average molecular weight is 495 g/mol. The zero-order valence-electron chi connectivity index (χ0n) is 15.7. The van der Waals surface area contributed by atoms with Crippen LogP contribution in [0.25, 0.3) is 6.08 Å². The van der Waals surface area contributed by atoms with Crippen LogP contribution in [0, 0.1) is 5.82 Å². The number of carbonyl (C=O) groups excluding carboxylic acids is 3. The molecule has 2 aromatic rings. The van der Waals surface area contributed by atoms with Crippen molar-refractivity contribution in [2.75, 3.05) is 13.7 Å². The van der Waals surface area contributed by atoms with E-state index in [1.807, 2.05) is 0 Å². The Morgan fingerprint density at radius 3 is 2.70 bits per heavy atom. The van der Waals surface area contributed by atoms with Crippen molar-refractivity contribution in [3.05, 3.63) is 62.7 Å². The van der Waals surface area contributed by atoms with E-state index in [4.69, 9.17) is 15.2 Å². The van der Waals surface area contributed by atoms with Crippen molar-refractivity contribution in [3.8, 4) is 11.5 Å². The van der Waals surface area contributed by atoms with Crippen molar-refractivity contribution in [3.63, 3.8) is 0 Å². The summed E-state index contributed by atoms with van der Waals surface area (Å²) >= 11 is 4.11. The van der Waals surface area contributed by atoms with Gasteiger partial charge in [-0.1, -0.05) is 18.2 Å². The van der Waals surface area contributed by atoms with Gasteiger partial charge in [0.05, 0.1) is 16.5 Å². The zero-order chi connectivity index (χ0) is 21.8. The Morgan fingerprint density at radius 2 is 2.03 bits per heavy atom. The molecule has 2 N–H and O–H groups in total. The molecule has 2 aromatic carbocycles. The first-order chi connectivity index (χ1) is 14.3. The van der Waals surface area contributed by atoms with Gasteiger partial charge in [-0.25, -0.2) is 4.39 Å². The predicted molar refractivity (Wildman–Crippen MR) is 113 cm³/mol. The Bertz CT molecular complexity index is 1060. The molecule has 1 aliphatic heterocycles. The highest BCUT2D eigenvalue weighted by Crippen LogP contribution is 2.39. The first kappa shape index (κ1) is 21.8. The number of hydrogen-bond acceptors (Lipinski definition) is 6. The van der Waals surface area contributed by atoms with E-state index in [0.717, 1.165) is 4.90 Å². The third-order valence-corrected chi connectivity index (χ3v) is 5.56. The van der Waals surface area contributed by atoms with Crippen LogP contribution in [0.2, 0.25) is 0 Å². The Kier molecular flexibility index (Phi) is 6.78. The number of hydrogen-bond donors (Lipinski definition) is 1. The van der Waals surface area contributed by atoms with Crippen molar-refractivity contribution in [2.45, 2.75) is 6.61 Å². The fraction of sp³-hybridized carbons (Fsp3) is 0.150. The second-order valence-electron chi connectivity index (χ2n) is 6.15. The van der Waals surface area contributed by atoms with E-state index < -0.39 is 23.6 Å². The standard InChI is InChI=1S/C20H16BrFN2O5S/c1-28-15-7-11(8-16-19(26)24(9-17(23)25)20(27)30-16)6-13(21)18(15)29-10-12-4-2-3-5-14(12)22/h2-8H,9-10H2,1H3,(H2,23,25)/b16-8-. The van der Waals surface area contributed by atoms with Crippen LogP contribution in [0.1, 0.15) is 11.1 Å². The van der Waals surface area contributed by atoms with Crippen LogP contribution in [-0.2, 0) is 16.2 Å². The molecule has 0 aliphatic carbocycles.